The van der Waals surface area contributed by atoms with Gasteiger partial charge in [-0.05, 0) is 38.8 Å². The number of aromatic nitrogens is 2. The van der Waals surface area contributed by atoms with Gasteiger partial charge in [0.05, 0.1) is 0 Å². The number of carbonyl (C=O) groups excluding carboxylic acids is 1. The summed E-state index contributed by atoms with van der Waals surface area (Å²) in [7, 11) is 2.17. The van der Waals surface area contributed by atoms with E-state index in [9.17, 15) is 4.79 Å². The van der Waals surface area contributed by atoms with E-state index in [0.29, 0.717) is 5.92 Å². The first kappa shape index (κ1) is 18.2. The van der Waals surface area contributed by atoms with Gasteiger partial charge in [0.15, 0.2) is 0 Å². The lowest BCUT2D eigenvalue weighted by Crippen LogP contribution is -2.52. The van der Waals surface area contributed by atoms with Crippen molar-refractivity contribution < 1.29 is 4.79 Å². The van der Waals surface area contributed by atoms with E-state index in [1.54, 1.807) is 0 Å². The van der Waals surface area contributed by atoms with Gasteiger partial charge in [0, 0.05) is 70.8 Å². The second-order valence-electron chi connectivity index (χ2n) is 7.61. The average Bonchev–Trinajstić information content (AvgIpc) is 3.10. The van der Waals surface area contributed by atoms with Crippen LogP contribution >= 0.6 is 0 Å². The fraction of sp³-hybridized carbons (Fsp3) is 0.778. The third-order valence-electron chi connectivity index (χ3n) is 5.40. The van der Waals surface area contributed by atoms with Crippen molar-refractivity contribution in [2.75, 3.05) is 52.9 Å². The molecule has 2 aliphatic rings. The maximum Gasteiger partial charge on any atom is 0.317 e. The van der Waals surface area contributed by atoms with Gasteiger partial charge in [-0.25, -0.2) is 4.79 Å². The zero-order valence-electron chi connectivity index (χ0n) is 15.6. The van der Waals surface area contributed by atoms with Crippen LogP contribution in [0.1, 0.15) is 19.8 Å². The predicted octanol–water partition coefficient (Wildman–Crippen LogP) is 0.941. The Bertz CT molecular complexity index is 518. The Labute approximate surface area is 150 Å². The van der Waals surface area contributed by atoms with Crippen molar-refractivity contribution in [2.45, 2.75) is 32.4 Å². The van der Waals surface area contributed by atoms with E-state index in [2.05, 4.69) is 34.2 Å². The molecule has 1 aromatic rings. The number of nitrogens with zero attached hydrogens (tertiary/aromatic N) is 5. The SMILES string of the molecule is CC(CN1CCN(C)CC1)NC(=O)N1CCC(Cn2cccn2)CC1. The first-order valence-corrected chi connectivity index (χ1v) is 9.54. The molecule has 1 N–H and O–H groups in total. The Balaban J connectivity index is 1.36. The highest BCUT2D eigenvalue weighted by atomic mass is 16.2. The summed E-state index contributed by atoms with van der Waals surface area (Å²) < 4.78 is 2.00. The number of nitrogens with one attached hydrogen (secondary N) is 1. The summed E-state index contributed by atoms with van der Waals surface area (Å²) in [4.78, 5) is 19.3. The lowest BCUT2D eigenvalue weighted by Gasteiger charge is -2.35. The normalized spacial score (nSPS) is 22.1. The molecule has 0 spiro atoms. The summed E-state index contributed by atoms with van der Waals surface area (Å²) in [6.45, 7) is 10.1. The van der Waals surface area contributed by atoms with E-state index in [-0.39, 0.29) is 12.1 Å². The van der Waals surface area contributed by atoms with Crippen molar-refractivity contribution in [1.29, 1.82) is 0 Å². The lowest BCUT2D eigenvalue weighted by molar-refractivity contribution is 0.137. The fourth-order valence-electron chi connectivity index (χ4n) is 3.76. The van der Waals surface area contributed by atoms with Gasteiger partial charge in [-0.1, -0.05) is 0 Å². The topological polar surface area (TPSA) is 56.6 Å². The molecule has 7 nitrogen and oxygen atoms in total. The molecule has 1 unspecified atom stereocenters. The number of urea groups is 1. The maximum atomic E-state index is 12.5. The molecule has 7 heteroatoms. The maximum absolute atomic E-state index is 12.5. The number of rotatable bonds is 5. The monoisotopic (exact) mass is 348 g/mol. The first-order chi connectivity index (χ1) is 12.1. The van der Waals surface area contributed by atoms with Gasteiger partial charge in [0.2, 0.25) is 0 Å². The summed E-state index contributed by atoms with van der Waals surface area (Å²) in [5.74, 6) is 0.617. The van der Waals surface area contributed by atoms with Crippen LogP contribution in [0.15, 0.2) is 18.5 Å². The van der Waals surface area contributed by atoms with E-state index in [1.165, 1.54) is 0 Å². The van der Waals surface area contributed by atoms with Gasteiger partial charge in [-0.3, -0.25) is 9.58 Å². The molecule has 1 atom stereocenters. The number of hydrogen-bond acceptors (Lipinski definition) is 4. The molecule has 0 aliphatic carbocycles. The Morgan fingerprint density at radius 3 is 2.56 bits per heavy atom. The average molecular weight is 348 g/mol. The second kappa shape index (κ2) is 8.67. The minimum atomic E-state index is 0.0965. The van der Waals surface area contributed by atoms with Gasteiger partial charge in [-0.2, -0.15) is 5.10 Å². The molecule has 1 aromatic heterocycles. The fourth-order valence-corrected chi connectivity index (χ4v) is 3.76. The van der Waals surface area contributed by atoms with Crippen LogP contribution < -0.4 is 5.32 Å². The van der Waals surface area contributed by atoms with E-state index in [1.807, 2.05) is 28.0 Å². The molecule has 0 bridgehead atoms. The molecular weight excluding hydrogens is 316 g/mol. The molecule has 2 amide bonds. The van der Waals surface area contributed by atoms with Gasteiger partial charge in [-0.15, -0.1) is 0 Å². The molecule has 2 saturated heterocycles. The molecule has 25 heavy (non-hydrogen) atoms. The molecule has 3 rings (SSSR count). The molecule has 0 aromatic carbocycles. The number of piperazine rings is 1. The largest absolute Gasteiger partial charge is 0.334 e. The Morgan fingerprint density at radius 1 is 1.20 bits per heavy atom. The molecular formula is C18H32N6O. The summed E-state index contributed by atoms with van der Waals surface area (Å²) >= 11 is 0. The molecule has 2 fully saturated rings. The van der Waals surface area contributed by atoms with Gasteiger partial charge >= 0.3 is 6.03 Å². The summed E-state index contributed by atoms with van der Waals surface area (Å²) in [6, 6.07) is 2.25. The molecule has 0 saturated carbocycles. The van der Waals surface area contributed by atoms with E-state index in [4.69, 9.17) is 0 Å². The Kier molecular flexibility index (Phi) is 6.31. The number of carbonyl (C=O) groups is 1. The molecule has 140 valence electrons. The number of likely N-dealkylation sites (tertiary alicyclic amines) is 1. The zero-order chi connectivity index (χ0) is 17.6. The van der Waals surface area contributed by atoms with Crippen LogP contribution in [-0.4, -0.2) is 89.4 Å². The summed E-state index contributed by atoms with van der Waals surface area (Å²) in [5.41, 5.74) is 0. The number of likely N-dealkylation sites (N-methyl/N-ethyl adjacent to an activating group) is 1. The Morgan fingerprint density at radius 2 is 1.92 bits per heavy atom. The van der Waals surface area contributed by atoms with Crippen molar-refractivity contribution in [1.82, 2.24) is 29.8 Å². The van der Waals surface area contributed by atoms with Gasteiger partial charge < -0.3 is 15.1 Å². The van der Waals surface area contributed by atoms with Crippen molar-refractivity contribution in [3.05, 3.63) is 18.5 Å². The smallest absolute Gasteiger partial charge is 0.317 e. The lowest BCUT2D eigenvalue weighted by atomic mass is 9.97. The summed E-state index contributed by atoms with van der Waals surface area (Å²) in [5, 5.41) is 7.46. The summed E-state index contributed by atoms with van der Waals surface area (Å²) in [6.07, 6.45) is 5.95. The number of piperidine rings is 1. The minimum Gasteiger partial charge on any atom is -0.334 e. The van der Waals surface area contributed by atoms with Crippen molar-refractivity contribution in [3.63, 3.8) is 0 Å². The van der Waals surface area contributed by atoms with Crippen LogP contribution in [0.4, 0.5) is 4.79 Å². The van der Waals surface area contributed by atoms with Gasteiger partial charge in [0.25, 0.3) is 0 Å². The van der Waals surface area contributed by atoms with E-state index < -0.39 is 0 Å². The highest BCUT2D eigenvalue weighted by Gasteiger charge is 2.24. The number of hydrogen-bond donors (Lipinski definition) is 1. The van der Waals surface area contributed by atoms with Crippen LogP contribution in [-0.2, 0) is 6.54 Å². The standard InChI is InChI=1S/C18H32N6O/c1-16(14-22-12-10-21(2)11-13-22)20-18(25)23-8-4-17(5-9-23)15-24-7-3-6-19-24/h3,6-7,16-17H,4-5,8-15H2,1-2H3,(H,20,25). The van der Waals surface area contributed by atoms with Crippen molar-refractivity contribution >= 4 is 6.03 Å². The Hall–Kier alpha value is -1.60. The van der Waals surface area contributed by atoms with Gasteiger partial charge in [0.1, 0.15) is 0 Å². The third kappa shape index (κ3) is 5.44. The highest BCUT2D eigenvalue weighted by Crippen LogP contribution is 2.19. The molecule has 0 radical (unpaired) electrons. The molecule has 2 aliphatic heterocycles. The second-order valence-corrected chi connectivity index (χ2v) is 7.61. The van der Waals surface area contributed by atoms with Crippen LogP contribution in [0, 0.1) is 5.92 Å². The van der Waals surface area contributed by atoms with E-state index in [0.717, 1.165) is 65.2 Å². The van der Waals surface area contributed by atoms with Crippen molar-refractivity contribution in [3.8, 4) is 0 Å². The van der Waals surface area contributed by atoms with Crippen LogP contribution in [0.2, 0.25) is 0 Å². The quantitative estimate of drug-likeness (QED) is 0.860. The molecule has 3 heterocycles. The number of amides is 2. The van der Waals surface area contributed by atoms with Crippen LogP contribution in [0.3, 0.4) is 0 Å². The predicted molar refractivity (Wildman–Crippen MR) is 98.5 cm³/mol. The van der Waals surface area contributed by atoms with Crippen molar-refractivity contribution in [2.24, 2.45) is 5.92 Å². The van der Waals surface area contributed by atoms with Crippen LogP contribution in [0.5, 0.6) is 0 Å². The first-order valence-electron chi connectivity index (χ1n) is 9.54. The van der Waals surface area contributed by atoms with E-state index >= 15 is 0 Å². The van der Waals surface area contributed by atoms with Crippen LogP contribution in [0.25, 0.3) is 0 Å². The zero-order valence-corrected chi connectivity index (χ0v) is 15.6. The third-order valence-corrected chi connectivity index (χ3v) is 5.40. The highest BCUT2D eigenvalue weighted by molar-refractivity contribution is 5.74. The minimum absolute atomic E-state index is 0.0965.